The fourth-order valence-electron chi connectivity index (χ4n) is 1.78. The van der Waals surface area contributed by atoms with Gasteiger partial charge in [0.05, 0.1) is 11.4 Å². The van der Waals surface area contributed by atoms with Crippen molar-refractivity contribution in [2.75, 3.05) is 0 Å². The lowest BCUT2D eigenvalue weighted by Crippen LogP contribution is -2.18. The molecule has 8 heteroatoms. The molecule has 3 rings (SSSR count). The molecule has 0 saturated carbocycles. The van der Waals surface area contributed by atoms with Crippen LogP contribution in [0.25, 0.3) is 18.1 Å². The summed E-state index contributed by atoms with van der Waals surface area (Å²) >= 11 is 5.85. The number of nitrogens with one attached hydrogen (secondary N) is 1. The average Bonchev–Trinajstić information content (AvgIpc) is 2.94. The van der Waals surface area contributed by atoms with E-state index in [2.05, 4.69) is 25.4 Å². The second-order valence-electron chi connectivity index (χ2n) is 4.50. The fourth-order valence-corrected chi connectivity index (χ4v) is 1.91. The molecule has 22 heavy (non-hydrogen) atoms. The maximum atomic E-state index is 11.5. The van der Waals surface area contributed by atoms with E-state index in [4.69, 9.17) is 11.6 Å². The van der Waals surface area contributed by atoms with Crippen molar-refractivity contribution in [2.45, 2.75) is 6.92 Å². The summed E-state index contributed by atoms with van der Waals surface area (Å²) in [7, 11) is 0. The molecule has 0 unspecified atom stereocenters. The molecule has 1 aromatic carbocycles. The highest BCUT2D eigenvalue weighted by Crippen LogP contribution is 2.13. The third-order valence-electron chi connectivity index (χ3n) is 2.95. The highest BCUT2D eigenvalue weighted by Gasteiger charge is 2.07. The van der Waals surface area contributed by atoms with Gasteiger partial charge in [0, 0.05) is 5.02 Å². The summed E-state index contributed by atoms with van der Waals surface area (Å²) in [5.41, 5.74) is 1.83. The molecular formula is C14H11ClN6O. The summed E-state index contributed by atoms with van der Waals surface area (Å²) in [6.07, 6.45) is 5.00. The number of nitrogens with zero attached hydrogens (tertiary/aromatic N) is 5. The van der Waals surface area contributed by atoms with Crippen LogP contribution >= 0.6 is 11.6 Å². The SMILES string of the molecule is Cc1nnc(-n2cn[nH]c2=O)nc1/C=C/c1ccc(Cl)cc1. The topological polar surface area (TPSA) is 89.4 Å². The van der Waals surface area contributed by atoms with Crippen LogP contribution in [0.5, 0.6) is 0 Å². The first-order valence-corrected chi connectivity index (χ1v) is 6.78. The van der Waals surface area contributed by atoms with E-state index >= 15 is 0 Å². The van der Waals surface area contributed by atoms with Gasteiger partial charge in [-0.1, -0.05) is 29.8 Å². The Morgan fingerprint density at radius 2 is 1.95 bits per heavy atom. The van der Waals surface area contributed by atoms with Crippen LogP contribution in [0.3, 0.4) is 0 Å². The predicted molar refractivity (Wildman–Crippen MR) is 82.7 cm³/mol. The largest absolute Gasteiger partial charge is 0.350 e. The summed E-state index contributed by atoms with van der Waals surface area (Å²) in [5.74, 6) is 0.167. The van der Waals surface area contributed by atoms with Crippen molar-refractivity contribution in [1.29, 1.82) is 0 Å². The van der Waals surface area contributed by atoms with Crippen LogP contribution in [0, 0.1) is 6.92 Å². The first-order chi connectivity index (χ1) is 10.6. The van der Waals surface area contributed by atoms with Gasteiger partial charge < -0.3 is 0 Å². The van der Waals surface area contributed by atoms with Crippen molar-refractivity contribution in [3.63, 3.8) is 0 Å². The van der Waals surface area contributed by atoms with Crippen LogP contribution in [0.4, 0.5) is 0 Å². The minimum absolute atomic E-state index is 0.167. The van der Waals surface area contributed by atoms with Crippen molar-refractivity contribution < 1.29 is 0 Å². The number of H-pyrrole nitrogens is 1. The zero-order chi connectivity index (χ0) is 15.5. The van der Waals surface area contributed by atoms with E-state index in [0.29, 0.717) is 16.4 Å². The van der Waals surface area contributed by atoms with E-state index in [-0.39, 0.29) is 5.95 Å². The number of hydrogen-bond acceptors (Lipinski definition) is 5. The molecule has 0 amide bonds. The van der Waals surface area contributed by atoms with E-state index in [1.165, 1.54) is 10.9 Å². The number of aromatic nitrogens is 6. The number of benzene rings is 1. The maximum Gasteiger partial charge on any atom is 0.350 e. The Labute approximate surface area is 130 Å². The molecule has 0 aliphatic heterocycles. The Kier molecular flexibility index (Phi) is 3.80. The summed E-state index contributed by atoms with van der Waals surface area (Å²) in [4.78, 5) is 15.9. The molecule has 2 aromatic heterocycles. The Bertz CT molecular complexity index is 881. The lowest BCUT2D eigenvalue weighted by molar-refractivity contribution is 0.809. The summed E-state index contributed by atoms with van der Waals surface area (Å²) < 4.78 is 1.19. The molecule has 0 fully saturated rings. The first-order valence-electron chi connectivity index (χ1n) is 6.41. The van der Waals surface area contributed by atoms with Gasteiger partial charge in [0.2, 0.25) is 0 Å². The van der Waals surface area contributed by atoms with Gasteiger partial charge in [0.25, 0.3) is 5.95 Å². The molecule has 0 bridgehead atoms. The van der Waals surface area contributed by atoms with E-state index in [1.807, 2.05) is 36.4 Å². The third-order valence-corrected chi connectivity index (χ3v) is 3.20. The van der Waals surface area contributed by atoms with Gasteiger partial charge in [-0.3, -0.25) is 0 Å². The van der Waals surface area contributed by atoms with Crippen LogP contribution in [0.2, 0.25) is 5.02 Å². The van der Waals surface area contributed by atoms with Crippen molar-refractivity contribution in [2.24, 2.45) is 0 Å². The summed E-state index contributed by atoms with van der Waals surface area (Å²) in [6, 6.07) is 7.40. The van der Waals surface area contributed by atoms with Crippen LogP contribution < -0.4 is 5.69 Å². The summed E-state index contributed by atoms with van der Waals surface area (Å²) in [5, 5.41) is 14.5. The van der Waals surface area contributed by atoms with Gasteiger partial charge in [-0.05, 0) is 30.7 Å². The number of rotatable bonds is 3. The van der Waals surface area contributed by atoms with Crippen LogP contribution in [-0.2, 0) is 0 Å². The van der Waals surface area contributed by atoms with Gasteiger partial charge in [-0.2, -0.15) is 5.10 Å². The Morgan fingerprint density at radius 3 is 2.64 bits per heavy atom. The number of aromatic amines is 1. The number of halogens is 1. The van der Waals surface area contributed by atoms with Crippen molar-refractivity contribution in [3.8, 4) is 5.95 Å². The van der Waals surface area contributed by atoms with Crippen molar-refractivity contribution >= 4 is 23.8 Å². The van der Waals surface area contributed by atoms with Gasteiger partial charge in [0.1, 0.15) is 6.33 Å². The van der Waals surface area contributed by atoms with Gasteiger partial charge in [0.15, 0.2) is 0 Å². The average molecular weight is 315 g/mol. The highest BCUT2D eigenvalue weighted by atomic mass is 35.5. The lowest BCUT2D eigenvalue weighted by Gasteiger charge is -2.01. The summed E-state index contributed by atoms with van der Waals surface area (Å²) in [6.45, 7) is 1.80. The smallest absolute Gasteiger partial charge is 0.246 e. The van der Waals surface area contributed by atoms with Crippen molar-refractivity contribution in [3.05, 3.63) is 63.1 Å². The maximum absolute atomic E-state index is 11.5. The third kappa shape index (κ3) is 2.94. The van der Waals surface area contributed by atoms with Gasteiger partial charge in [-0.15, -0.1) is 10.2 Å². The molecule has 110 valence electrons. The number of hydrogen-bond donors (Lipinski definition) is 1. The Balaban J connectivity index is 1.95. The molecule has 2 heterocycles. The Morgan fingerprint density at radius 1 is 1.18 bits per heavy atom. The lowest BCUT2D eigenvalue weighted by atomic mass is 10.2. The zero-order valence-corrected chi connectivity index (χ0v) is 12.3. The molecule has 0 spiro atoms. The zero-order valence-electron chi connectivity index (χ0n) is 11.6. The molecular weight excluding hydrogens is 304 g/mol. The van der Waals surface area contributed by atoms with Gasteiger partial charge >= 0.3 is 5.69 Å². The van der Waals surface area contributed by atoms with E-state index in [1.54, 1.807) is 6.92 Å². The predicted octanol–water partition coefficient (Wildman–Crippen LogP) is 1.88. The van der Waals surface area contributed by atoms with Crippen molar-refractivity contribution in [1.82, 2.24) is 29.9 Å². The van der Waals surface area contributed by atoms with Gasteiger partial charge in [-0.25, -0.2) is 19.4 Å². The van der Waals surface area contributed by atoms with Crippen LogP contribution in [0.15, 0.2) is 35.4 Å². The molecule has 0 aliphatic rings. The quantitative estimate of drug-likeness (QED) is 0.797. The molecule has 1 N–H and O–H groups in total. The molecule has 0 atom stereocenters. The molecule has 0 saturated heterocycles. The normalized spacial score (nSPS) is 11.2. The molecule has 0 aliphatic carbocycles. The molecule has 0 radical (unpaired) electrons. The minimum atomic E-state index is -0.418. The second kappa shape index (κ2) is 5.90. The fraction of sp³-hybridized carbons (Fsp3) is 0.0714. The molecule has 3 aromatic rings. The van der Waals surface area contributed by atoms with E-state index < -0.39 is 5.69 Å². The van der Waals surface area contributed by atoms with Crippen LogP contribution in [-0.4, -0.2) is 29.9 Å². The Hall–Kier alpha value is -2.80. The second-order valence-corrected chi connectivity index (χ2v) is 4.94. The van der Waals surface area contributed by atoms with E-state index in [0.717, 1.165) is 5.56 Å². The minimum Gasteiger partial charge on any atom is -0.246 e. The van der Waals surface area contributed by atoms with Crippen LogP contribution in [0.1, 0.15) is 17.0 Å². The first kappa shape index (κ1) is 14.2. The standard InChI is InChI=1S/C14H11ClN6O/c1-9-12(7-4-10-2-5-11(15)6-3-10)17-13(19-18-9)21-8-16-20-14(21)22/h2-8H,1H3,(H,20,22)/b7-4+. The van der Waals surface area contributed by atoms with E-state index in [9.17, 15) is 4.79 Å². The number of aryl methyl sites for hydroxylation is 1. The highest BCUT2D eigenvalue weighted by molar-refractivity contribution is 6.30. The molecule has 7 nitrogen and oxygen atoms in total. The monoisotopic (exact) mass is 314 g/mol.